The molecule has 0 amide bonds. The van der Waals surface area contributed by atoms with Gasteiger partial charge < -0.3 is 4.74 Å². The van der Waals surface area contributed by atoms with Gasteiger partial charge in [-0.25, -0.2) is 13.4 Å². The zero-order chi connectivity index (χ0) is 18.6. The number of pyridine rings is 1. The molecule has 2 heterocycles. The predicted molar refractivity (Wildman–Crippen MR) is 104 cm³/mol. The summed E-state index contributed by atoms with van der Waals surface area (Å²) in [6.07, 6.45) is 2.38. The minimum atomic E-state index is -3.50. The van der Waals surface area contributed by atoms with Crippen LogP contribution in [0.25, 0.3) is 0 Å². The molecule has 5 nitrogen and oxygen atoms in total. The van der Waals surface area contributed by atoms with E-state index in [1.54, 1.807) is 23.9 Å². The van der Waals surface area contributed by atoms with E-state index >= 15 is 0 Å². The molecule has 8 heteroatoms. The van der Waals surface area contributed by atoms with Gasteiger partial charge in [0.05, 0.1) is 18.2 Å². The number of ether oxygens (including phenoxy) is 1. The molecule has 2 aromatic rings. The molecule has 0 spiro atoms. The van der Waals surface area contributed by atoms with E-state index in [4.69, 9.17) is 16.3 Å². The molecule has 1 atom stereocenters. The Balaban J connectivity index is 1.73. The first-order valence-corrected chi connectivity index (χ1v) is 11.2. The van der Waals surface area contributed by atoms with Crippen molar-refractivity contribution in [3.8, 4) is 0 Å². The third-order valence-corrected chi connectivity index (χ3v) is 7.70. The van der Waals surface area contributed by atoms with E-state index in [1.165, 1.54) is 16.1 Å². The number of nitrogens with zero attached hydrogens (tertiary/aromatic N) is 2. The van der Waals surface area contributed by atoms with Gasteiger partial charge in [0.15, 0.2) is 0 Å². The van der Waals surface area contributed by atoms with Gasteiger partial charge in [0.25, 0.3) is 0 Å². The van der Waals surface area contributed by atoms with Gasteiger partial charge in [-0.3, -0.25) is 0 Å². The Bertz CT molecular complexity index is 821. The van der Waals surface area contributed by atoms with Crippen LogP contribution in [0.2, 0.25) is 5.02 Å². The highest BCUT2D eigenvalue weighted by molar-refractivity contribution is 7.99. The van der Waals surface area contributed by atoms with E-state index in [2.05, 4.69) is 11.9 Å². The van der Waals surface area contributed by atoms with Crippen LogP contribution in [0.4, 0.5) is 0 Å². The topological polar surface area (TPSA) is 59.5 Å². The zero-order valence-electron chi connectivity index (χ0n) is 14.5. The largest absolute Gasteiger partial charge is 0.379 e. The number of halogens is 1. The van der Waals surface area contributed by atoms with Crippen LogP contribution in [-0.2, 0) is 14.8 Å². The monoisotopic (exact) mass is 412 g/mol. The van der Waals surface area contributed by atoms with Crippen LogP contribution in [0.15, 0.2) is 52.5 Å². The first-order valence-electron chi connectivity index (χ1n) is 8.47. The van der Waals surface area contributed by atoms with Gasteiger partial charge in [-0.15, -0.1) is 0 Å². The van der Waals surface area contributed by atoms with Crippen LogP contribution < -0.4 is 0 Å². The Kier molecular flexibility index (Phi) is 6.58. The van der Waals surface area contributed by atoms with Crippen LogP contribution in [0.3, 0.4) is 0 Å². The van der Waals surface area contributed by atoms with E-state index in [0.717, 1.165) is 11.4 Å². The van der Waals surface area contributed by atoms with Crippen LogP contribution >= 0.6 is 23.4 Å². The highest BCUT2D eigenvalue weighted by atomic mass is 35.5. The van der Waals surface area contributed by atoms with Gasteiger partial charge in [0.2, 0.25) is 10.0 Å². The lowest BCUT2D eigenvalue weighted by atomic mass is 10.1. The minimum Gasteiger partial charge on any atom is -0.379 e. The number of aromatic nitrogens is 1. The van der Waals surface area contributed by atoms with E-state index in [1.807, 2.05) is 24.3 Å². The molecule has 0 aliphatic carbocycles. The first kappa shape index (κ1) is 19.6. The van der Waals surface area contributed by atoms with Crippen LogP contribution in [-0.4, -0.2) is 44.0 Å². The average molecular weight is 413 g/mol. The number of hydrogen-bond donors (Lipinski definition) is 0. The fourth-order valence-electron chi connectivity index (χ4n) is 2.74. The standard InChI is InChI=1S/C18H21ClN2O3S2/c1-2-17(14-3-5-15(19)6-4-14)25-18-8-7-16(13-20-18)26(22,23)21-9-11-24-12-10-21/h3-8,13,17H,2,9-12H2,1H3/t17-/m1/s1. The number of rotatable bonds is 6. The molecule has 1 saturated heterocycles. The third-order valence-electron chi connectivity index (χ3n) is 4.19. The van der Waals surface area contributed by atoms with Crippen molar-refractivity contribution in [3.05, 3.63) is 53.2 Å². The molecule has 1 aliphatic heterocycles. The second kappa shape index (κ2) is 8.71. The molecular weight excluding hydrogens is 392 g/mol. The molecule has 0 saturated carbocycles. The predicted octanol–water partition coefficient (Wildman–Crippen LogP) is 4.00. The number of benzene rings is 1. The van der Waals surface area contributed by atoms with Gasteiger partial charge in [0, 0.05) is 29.6 Å². The lowest BCUT2D eigenvalue weighted by molar-refractivity contribution is 0.0730. The zero-order valence-corrected chi connectivity index (χ0v) is 16.9. The fraction of sp³-hybridized carbons (Fsp3) is 0.389. The van der Waals surface area contributed by atoms with Gasteiger partial charge in [-0.1, -0.05) is 42.4 Å². The summed E-state index contributed by atoms with van der Waals surface area (Å²) in [5.74, 6) is 0. The number of hydrogen-bond acceptors (Lipinski definition) is 5. The van der Waals surface area contributed by atoms with Crippen LogP contribution in [0, 0.1) is 0 Å². The van der Waals surface area contributed by atoms with Crippen molar-refractivity contribution in [3.63, 3.8) is 0 Å². The highest BCUT2D eigenvalue weighted by Crippen LogP contribution is 2.37. The molecule has 1 aliphatic rings. The molecule has 0 bridgehead atoms. The smallest absolute Gasteiger partial charge is 0.244 e. The number of sulfonamides is 1. The van der Waals surface area contributed by atoms with Crippen LogP contribution in [0.1, 0.15) is 24.2 Å². The van der Waals surface area contributed by atoms with Crippen molar-refractivity contribution in [2.75, 3.05) is 26.3 Å². The van der Waals surface area contributed by atoms with Crippen molar-refractivity contribution in [1.82, 2.24) is 9.29 Å². The summed E-state index contributed by atoms with van der Waals surface area (Å²) in [6, 6.07) is 11.2. The summed E-state index contributed by atoms with van der Waals surface area (Å²) in [4.78, 5) is 4.60. The van der Waals surface area contributed by atoms with E-state index in [9.17, 15) is 8.42 Å². The summed E-state index contributed by atoms with van der Waals surface area (Å²) in [7, 11) is -3.50. The molecule has 1 aromatic heterocycles. The van der Waals surface area contributed by atoms with Crippen molar-refractivity contribution in [2.24, 2.45) is 0 Å². The van der Waals surface area contributed by atoms with E-state index in [-0.39, 0.29) is 10.1 Å². The van der Waals surface area contributed by atoms with Crippen molar-refractivity contribution in [2.45, 2.75) is 28.5 Å². The van der Waals surface area contributed by atoms with Crippen molar-refractivity contribution >= 4 is 33.4 Å². The Morgan fingerprint density at radius 1 is 1.19 bits per heavy atom. The lowest BCUT2D eigenvalue weighted by Gasteiger charge is -2.25. The molecule has 1 aromatic carbocycles. The summed E-state index contributed by atoms with van der Waals surface area (Å²) in [5, 5.41) is 1.75. The summed E-state index contributed by atoms with van der Waals surface area (Å²) < 4.78 is 32.0. The highest BCUT2D eigenvalue weighted by Gasteiger charge is 2.26. The second-order valence-electron chi connectivity index (χ2n) is 5.91. The SMILES string of the molecule is CC[C@@H](Sc1ccc(S(=O)(=O)N2CCOCC2)cn1)c1ccc(Cl)cc1. The molecule has 0 unspecified atom stereocenters. The first-order chi connectivity index (χ1) is 12.5. The lowest BCUT2D eigenvalue weighted by Crippen LogP contribution is -2.40. The molecule has 0 N–H and O–H groups in total. The maximum absolute atomic E-state index is 12.6. The average Bonchev–Trinajstić information content (AvgIpc) is 2.68. The summed E-state index contributed by atoms with van der Waals surface area (Å²) in [5.41, 5.74) is 1.17. The molecule has 3 rings (SSSR count). The maximum atomic E-state index is 12.6. The summed E-state index contributed by atoms with van der Waals surface area (Å²) >= 11 is 7.58. The fourth-order valence-corrected chi connectivity index (χ4v) is 5.23. The number of morpholine rings is 1. The van der Waals surface area contributed by atoms with Crippen molar-refractivity contribution in [1.29, 1.82) is 0 Å². The molecule has 140 valence electrons. The maximum Gasteiger partial charge on any atom is 0.244 e. The second-order valence-corrected chi connectivity index (χ2v) is 9.51. The molecular formula is C18H21ClN2O3S2. The van der Waals surface area contributed by atoms with E-state index < -0.39 is 10.0 Å². The quantitative estimate of drug-likeness (QED) is 0.671. The molecule has 0 radical (unpaired) electrons. The number of thioether (sulfide) groups is 1. The van der Waals surface area contributed by atoms with Gasteiger partial charge >= 0.3 is 0 Å². The minimum absolute atomic E-state index is 0.225. The molecule has 26 heavy (non-hydrogen) atoms. The van der Waals surface area contributed by atoms with Gasteiger partial charge in [-0.2, -0.15) is 4.31 Å². The van der Waals surface area contributed by atoms with Gasteiger partial charge in [0.1, 0.15) is 4.90 Å². The van der Waals surface area contributed by atoms with Crippen LogP contribution in [0.5, 0.6) is 0 Å². The Morgan fingerprint density at radius 3 is 2.46 bits per heavy atom. The summed E-state index contributed by atoms with van der Waals surface area (Å²) in [6.45, 7) is 3.74. The van der Waals surface area contributed by atoms with Gasteiger partial charge in [-0.05, 0) is 36.2 Å². The molecule has 1 fully saturated rings. The van der Waals surface area contributed by atoms with Crippen molar-refractivity contribution < 1.29 is 13.2 Å². The Morgan fingerprint density at radius 2 is 1.88 bits per heavy atom. The third kappa shape index (κ3) is 4.58. The Hall–Kier alpha value is -1.12. The normalized spacial score (nSPS) is 17.2. The van der Waals surface area contributed by atoms with E-state index in [0.29, 0.717) is 31.3 Å². The Labute approximate surface area is 163 Å².